The first-order valence-electron chi connectivity index (χ1n) is 7.69. The average Bonchev–Trinajstić information content (AvgIpc) is 2.35. The van der Waals surface area contributed by atoms with Crippen LogP contribution in [0.15, 0.2) is 12.1 Å². The Morgan fingerprint density at radius 1 is 1.00 bits per heavy atom. The van der Waals surface area contributed by atoms with E-state index in [1.165, 1.54) is 0 Å². The van der Waals surface area contributed by atoms with Crippen molar-refractivity contribution in [2.45, 2.75) is 71.0 Å². The summed E-state index contributed by atoms with van der Waals surface area (Å²) in [6.45, 7) is 12.4. The van der Waals surface area contributed by atoms with Gasteiger partial charge in [0.1, 0.15) is 11.9 Å². The number of phenols is 1. The fourth-order valence-electron chi connectivity index (χ4n) is 2.36. The Hall–Kier alpha value is -0.580. The number of phenolic OH excluding ortho intramolecular Hbond substituents is 1. The lowest BCUT2D eigenvalue weighted by atomic mass is 9.78. The quantitative estimate of drug-likeness (QED) is 0.695. The molecule has 1 aromatic carbocycles. The van der Waals surface area contributed by atoms with Crippen LogP contribution in [0.2, 0.25) is 0 Å². The van der Waals surface area contributed by atoms with E-state index in [9.17, 15) is 15.3 Å². The Morgan fingerprint density at radius 3 is 1.95 bits per heavy atom. The minimum Gasteiger partial charge on any atom is -0.507 e. The number of hydrogen-bond acceptors (Lipinski definition) is 3. The maximum Gasteiger partial charge on any atom is 0.125 e. The van der Waals surface area contributed by atoms with Crippen LogP contribution in [0.4, 0.5) is 0 Å². The number of alkyl halides is 1. The van der Waals surface area contributed by atoms with E-state index < -0.39 is 12.2 Å². The van der Waals surface area contributed by atoms with E-state index in [2.05, 4.69) is 36.7 Å². The first kappa shape index (κ1) is 19.5. The zero-order valence-electron chi connectivity index (χ0n) is 14.4. The number of rotatable bonds is 4. The van der Waals surface area contributed by atoms with E-state index in [0.29, 0.717) is 17.3 Å². The third-order valence-electron chi connectivity index (χ3n) is 3.90. The molecule has 3 N–H and O–H groups in total. The van der Waals surface area contributed by atoms with Gasteiger partial charge in [-0.25, -0.2) is 0 Å². The molecule has 126 valence electrons. The number of aliphatic hydroxyl groups is 2. The van der Waals surface area contributed by atoms with Crippen LogP contribution in [0.3, 0.4) is 0 Å². The van der Waals surface area contributed by atoms with Crippen molar-refractivity contribution in [2.75, 3.05) is 5.33 Å². The minimum absolute atomic E-state index is 0.0848. The van der Waals surface area contributed by atoms with Crippen LogP contribution in [0.25, 0.3) is 0 Å². The predicted molar refractivity (Wildman–Crippen MR) is 94.9 cm³/mol. The van der Waals surface area contributed by atoms with Crippen molar-refractivity contribution in [2.24, 2.45) is 0 Å². The molecule has 0 saturated carbocycles. The Bertz CT molecular complexity index is 512. The summed E-state index contributed by atoms with van der Waals surface area (Å²) in [4.78, 5) is 0. The molecule has 0 aliphatic heterocycles. The highest BCUT2D eigenvalue weighted by atomic mass is 79.9. The Labute approximate surface area is 142 Å². The van der Waals surface area contributed by atoms with Crippen LogP contribution in [-0.4, -0.2) is 26.8 Å². The Kier molecular flexibility index (Phi) is 6.10. The number of hydrogen-bond donors (Lipinski definition) is 3. The smallest absolute Gasteiger partial charge is 0.125 e. The van der Waals surface area contributed by atoms with Crippen molar-refractivity contribution in [3.63, 3.8) is 0 Å². The number of aliphatic hydroxyl groups excluding tert-OH is 2. The molecule has 1 aromatic rings. The normalized spacial score (nSPS) is 15.7. The van der Waals surface area contributed by atoms with Crippen LogP contribution in [-0.2, 0) is 10.8 Å². The molecule has 0 saturated heterocycles. The molecule has 0 spiro atoms. The summed E-state index contributed by atoms with van der Waals surface area (Å²) in [7, 11) is 0. The lowest BCUT2D eigenvalue weighted by molar-refractivity contribution is 0.0158. The van der Waals surface area contributed by atoms with Gasteiger partial charge in [-0.15, -0.1) is 0 Å². The molecule has 0 aromatic heterocycles. The molecular weight excluding hydrogens is 344 g/mol. The lowest BCUT2D eigenvalue weighted by Gasteiger charge is -2.29. The maximum atomic E-state index is 10.6. The van der Waals surface area contributed by atoms with Crippen LogP contribution in [0, 0.1) is 0 Å². The zero-order valence-corrected chi connectivity index (χ0v) is 16.0. The highest BCUT2D eigenvalue weighted by Crippen LogP contribution is 2.40. The SMILES string of the molecule is CC(C)(C)c1cc(C(O)C(O)CCBr)c(O)c(C(C)(C)C)c1. The summed E-state index contributed by atoms with van der Waals surface area (Å²) in [6, 6.07) is 3.81. The number of benzene rings is 1. The van der Waals surface area contributed by atoms with E-state index in [1.807, 2.05) is 32.9 Å². The van der Waals surface area contributed by atoms with Gasteiger partial charge in [-0.2, -0.15) is 0 Å². The van der Waals surface area contributed by atoms with Crippen molar-refractivity contribution in [1.82, 2.24) is 0 Å². The molecule has 0 radical (unpaired) electrons. The molecule has 0 bridgehead atoms. The van der Waals surface area contributed by atoms with Crippen LogP contribution in [0.1, 0.15) is 70.8 Å². The summed E-state index contributed by atoms with van der Waals surface area (Å²) < 4.78 is 0. The van der Waals surface area contributed by atoms with Crippen LogP contribution >= 0.6 is 15.9 Å². The molecule has 0 amide bonds. The van der Waals surface area contributed by atoms with E-state index in [-0.39, 0.29) is 16.6 Å². The predicted octanol–water partition coefficient (Wildman–Crippen LogP) is 4.17. The molecule has 3 nitrogen and oxygen atoms in total. The molecule has 0 heterocycles. The van der Waals surface area contributed by atoms with Gasteiger partial charge >= 0.3 is 0 Å². The fourth-order valence-corrected chi connectivity index (χ4v) is 2.83. The van der Waals surface area contributed by atoms with Gasteiger partial charge in [0.25, 0.3) is 0 Å². The van der Waals surface area contributed by atoms with E-state index in [4.69, 9.17) is 0 Å². The summed E-state index contributed by atoms with van der Waals surface area (Å²) in [5.74, 6) is 0.0848. The van der Waals surface area contributed by atoms with Crippen LogP contribution < -0.4 is 0 Å². The van der Waals surface area contributed by atoms with E-state index in [0.717, 1.165) is 11.1 Å². The van der Waals surface area contributed by atoms with Crippen molar-refractivity contribution in [3.8, 4) is 5.75 Å². The second-order valence-corrected chi connectivity index (χ2v) is 8.74. The molecule has 1 rings (SSSR count). The van der Waals surface area contributed by atoms with Gasteiger partial charge in [0.05, 0.1) is 6.10 Å². The first-order chi connectivity index (χ1) is 9.89. The summed E-state index contributed by atoms with van der Waals surface area (Å²) in [5, 5.41) is 31.8. The van der Waals surface area contributed by atoms with E-state index >= 15 is 0 Å². The maximum absolute atomic E-state index is 10.6. The third kappa shape index (κ3) is 4.46. The topological polar surface area (TPSA) is 60.7 Å². The standard InChI is InChI=1S/C18H29BrO3/c1-17(2,3)11-9-12(16(22)14(20)7-8-19)15(21)13(10-11)18(4,5)6/h9-10,14,16,20-22H,7-8H2,1-6H3. The molecule has 0 fully saturated rings. The second kappa shape index (κ2) is 6.90. The number of halogens is 1. The lowest BCUT2D eigenvalue weighted by Crippen LogP contribution is -2.22. The number of aromatic hydroxyl groups is 1. The van der Waals surface area contributed by atoms with E-state index in [1.54, 1.807) is 0 Å². The fraction of sp³-hybridized carbons (Fsp3) is 0.667. The highest BCUT2D eigenvalue weighted by molar-refractivity contribution is 9.09. The summed E-state index contributed by atoms with van der Waals surface area (Å²) in [5.41, 5.74) is 1.88. The van der Waals surface area contributed by atoms with Crippen molar-refractivity contribution < 1.29 is 15.3 Å². The molecule has 2 atom stereocenters. The van der Waals surface area contributed by atoms with Crippen LogP contribution in [0.5, 0.6) is 5.75 Å². The summed E-state index contributed by atoms with van der Waals surface area (Å²) >= 11 is 3.27. The Morgan fingerprint density at radius 2 is 1.55 bits per heavy atom. The largest absolute Gasteiger partial charge is 0.507 e. The van der Waals surface area contributed by atoms with Crippen molar-refractivity contribution >= 4 is 15.9 Å². The average molecular weight is 373 g/mol. The van der Waals surface area contributed by atoms with Crippen molar-refractivity contribution in [1.29, 1.82) is 0 Å². The molecular formula is C18H29BrO3. The van der Waals surface area contributed by atoms with Gasteiger partial charge < -0.3 is 15.3 Å². The van der Waals surface area contributed by atoms with Gasteiger partial charge in [-0.05, 0) is 34.4 Å². The van der Waals surface area contributed by atoms with Gasteiger partial charge in [-0.3, -0.25) is 0 Å². The zero-order chi connectivity index (χ0) is 17.3. The molecule has 0 aliphatic carbocycles. The third-order valence-corrected chi connectivity index (χ3v) is 4.36. The Balaban J connectivity index is 3.50. The van der Waals surface area contributed by atoms with Gasteiger partial charge in [0.15, 0.2) is 0 Å². The second-order valence-electron chi connectivity index (χ2n) is 7.95. The monoisotopic (exact) mass is 372 g/mol. The molecule has 0 aliphatic rings. The molecule has 22 heavy (non-hydrogen) atoms. The van der Waals surface area contributed by atoms with Gasteiger partial charge in [0, 0.05) is 10.9 Å². The molecule has 2 unspecified atom stereocenters. The first-order valence-corrected chi connectivity index (χ1v) is 8.81. The molecule has 4 heteroatoms. The van der Waals surface area contributed by atoms with Gasteiger partial charge in [0.2, 0.25) is 0 Å². The van der Waals surface area contributed by atoms with Gasteiger partial charge in [-0.1, -0.05) is 63.5 Å². The minimum atomic E-state index is -1.10. The summed E-state index contributed by atoms with van der Waals surface area (Å²) in [6.07, 6.45) is -1.58. The van der Waals surface area contributed by atoms with Crippen molar-refractivity contribution in [3.05, 3.63) is 28.8 Å². The highest BCUT2D eigenvalue weighted by Gasteiger charge is 2.29.